The average molecular weight is 597 g/mol. The number of hydrogen-bond acceptors (Lipinski definition) is 0. The summed E-state index contributed by atoms with van der Waals surface area (Å²) >= 11 is 0. The van der Waals surface area contributed by atoms with E-state index in [-0.39, 0.29) is 39.9 Å². The van der Waals surface area contributed by atoms with Crippen molar-refractivity contribution in [2.75, 3.05) is 0 Å². The first kappa shape index (κ1) is 26.7. The van der Waals surface area contributed by atoms with Crippen molar-refractivity contribution in [3.05, 3.63) is 171 Å². The van der Waals surface area contributed by atoms with Gasteiger partial charge in [0.25, 0.3) is 0 Å². The largest absolute Gasteiger partial charge is 4.00 e. The van der Waals surface area contributed by atoms with Gasteiger partial charge in [-0.15, -0.1) is 48.5 Å². The van der Waals surface area contributed by atoms with E-state index in [0.717, 1.165) is 22.3 Å². The Bertz CT molecular complexity index is 676. The van der Waals surface area contributed by atoms with E-state index in [0.29, 0.717) is 0 Å². The number of rotatable bonds is 0. The van der Waals surface area contributed by atoms with E-state index in [1.807, 2.05) is 121 Å². The van der Waals surface area contributed by atoms with Crippen LogP contribution in [-0.4, -0.2) is 0 Å². The van der Waals surface area contributed by atoms with Crippen LogP contribution < -0.4 is 0 Å². The van der Waals surface area contributed by atoms with Crippen LogP contribution in [0.25, 0.3) is 0 Å². The molecule has 0 N–H and O–H groups in total. The van der Waals surface area contributed by atoms with Gasteiger partial charge < -0.3 is 0 Å². The molecule has 0 amide bonds. The van der Waals surface area contributed by atoms with Gasteiger partial charge in [-0.05, 0) is 0 Å². The van der Waals surface area contributed by atoms with E-state index < -0.39 is 0 Å². The van der Waals surface area contributed by atoms with Gasteiger partial charge in [-0.2, -0.15) is 98.5 Å². The minimum atomic E-state index is 0. The third kappa shape index (κ3) is 16.4. The average Bonchev–Trinajstić information content (AvgIpc) is 2.72. The summed E-state index contributed by atoms with van der Waals surface area (Å²) in [5, 5.41) is 0. The Hall–Kier alpha value is -2.32. The van der Waals surface area contributed by atoms with Gasteiger partial charge in [-0.1, -0.05) is 24.3 Å². The summed E-state index contributed by atoms with van der Waals surface area (Å²) in [6.45, 7) is 14.9. The monoisotopic (exact) mass is 596 g/mol. The summed E-state index contributed by atoms with van der Waals surface area (Å²) in [5.41, 5.74) is 4.29. The van der Waals surface area contributed by atoms with E-state index in [1.54, 1.807) is 0 Å². The van der Waals surface area contributed by atoms with Crippen LogP contribution in [0.5, 0.6) is 0 Å². The van der Waals surface area contributed by atoms with Gasteiger partial charge in [0.05, 0.1) is 0 Å². The van der Waals surface area contributed by atoms with E-state index in [4.69, 9.17) is 0 Å². The fraction of sp³-hybridized carbons (Fsp3) is 0. The van der Waals surface area contributed by atoms with E-state index >= 15 is 0 Å². The maximum Gasteiger partial charge on any atom is 4.00 e. The fourth-order valence-electron chi connectivity index (χ4n) is 1.91. The Morgan fingerprint density at radius 2 is 0.414 bits per heavy atom. The van der Waals surface area contributed by atoms with Crippen molar-refractivity contribution in [3.63, 3.8) is 0 Å². The maximum atomic E-state index is 3.72. The minimum Gasteiger partial charge on any atom is -0.199 e. The summed E-state index contributed by atoms with van der Waals surface area (Å²) < 4.78 is 0. The van der Waals surface area contributed by atoms with Crippen LogP contribution in [0.4, 0.5) is 0 Å². The molecule has 0 heterocycles. The van der Waals surface area contributed by atoms with Crippen molar-refractivity contribution < 1.29 is 39.9 Å². The molecule has 0 radical (unpaired) electrons. The molecular formula is C28H28Th. The van der Waals surface area contributed by atoms with Gasteiger partial charge in [-0.25, -0.2) is 0 Å². The van der Waals surface area contributed by atoms with Crippen molar-refractivity contribution >= 4 is 0 Å². The molecular weight excluding hydrogens is 568 g/mol. The van der Waals surface area contributed by atoms with E-state index in [2.05, 4.69) is 27.7 Å². The van der Waals surface area contributed by atoms with Crippen LogP contribution in [-0.2, 0) is 0 Å². The molecule has 0 aliphatic carbocycles. The molecule has 0 unspecified atom stereocenters. The molecule has 0 nitrogen and oxygen atoms in total. The SMILES string of the molecule is [CH2-]c1ccccc1.[CH2-]c1ccccc1.[CH2-]c1ccccc1.[CH2-]c1ccccc1.[Th+4]. The third-order valence-corrected chi connectivity index (χ3v) is 3.37. The second kappa shape index (κ2) is 17.8. The number of hydrogen-bond donors (Lipinski definition) is 0. The van der Waals surface area contributed by atoms with Gasteiger partial charge in [0, 0.05) is 0 Å². The molecule has 0 fully saturated rings. The molecule has 0 bridgehead atoms. The number of benzene rings is 4. The minimum absolute atomic E-state index is 0. The molecule has 0 saturated carbocycles. The maximum absolute atomic E-state index is 3.72. The standard InChI is InChI=1S/4C7H7.Th/c4*1-7-5-3-2-4-6-7;/h4*2-6H,1H2;/q4*-1;+4. The second-order valence-corrected chi connectivity index (χ2v) is 5.94. The zero-order valence-electron chi connectivity index (χ0n) is 16.9. The first-order valence-electron chi connectivity index (χ1n) is 9.06. The van der Waals surface area contributed by atoms with E-state index in [9.17, 15) is 0 Å². The third-order valence-electron chi connectivity index (χ3n) is 3.37. The van der Waals surface area contributed by atoms with Gasteiger partial charge >= 0.3 is 39.9 Å². The molecule has 1 heteroatoms. The zero-order chi connectivity index (χ0) is 20.5. The normalized spacial score (nSPS) is 8.28. The molecule has 0 saturated heterocycles. The predicted molar refractivity (Wildman–Crippen MR) is 124 cm³/mol. The molecule has 0 aliphatic rings. The van der Waals surface area contributed by atoms with Gasteiger partial charge in [0.2, 0.25) is 0 Å². The summed E-state index contributed by atoms with van der Waals surface area (Å²) in [5.74, 6) is 0. The fourth-order valence-corrected chi connectivity index (χ4v) is 1.91. The first-order chi connectivity index (χ1) is 13.6. The Labute approximate surface area is 209 Å². The molecule has 0 atom stereocenters. The molecule has 0 aliphatic heterocycles. The van der Waals surface area contributed by atoms with Gasteiger partial charge in [0.15, 0.2) is 0 Å². The molecule has 4 rings (SSSR count). The van der Waals surface area contributed by atoms with Crippen LogP contribution in [0.1, 0.15) is 22.3 Å². The van der Waals surface area contributed by atoms with E-state index in [1.165, 1.54) is 0 Å². The molecule has 0 spiro atoms. The molecule has 144 valence electrons. The Kier molecular flexibility index (Phi) is 16.3. The smallest absolute Gasteiger partial charge is 0.199 e. The summed E-state index contributed by atoms with van der Waals surface area (Å²) in [7, 11) is 0. The van der Waals surface area contributed by atoms with Crippen molar-refractivity contribution in [1.29, 1.82) is 0 Å². The van der Waals surface area contributed by atoms with Crippen LogP contribution in [0.3, 0.4) is 0 Å². The topological polar surface area (TPSA) is 0 Å². The Morgan fingerprint density at radius 1 is 0.276 bits per heavy atom. The van der Waals surface area contributed by atoms with Crippen molar-refractivity contribution in [3.8, 4) is 0 Å². The molecule has 29 heavy (non-hydrogen) atoms. The van der Waals surface area contributed by atoms with Crippen molar-refractivity contribution in [1.82, 2.24) is 0 Å². The summed E-state index contributed by atoms with van der Waals surface area (Å²) in [4.78, 5) is 0. The predicted octanol–water partition coefficient (Wildman–Crippen LogP) is 7.48. The van der Waals surface area contributed by atoms with Crippen LogP contribution in [0.15, 0.2) is 121 Å². The molecule has 0 aromatic heterocycles. The van der Waals surface area contributed by atoms with Gasteiger partial charge in [0.1, 0.15) is 0 Å². The quantitative estimate of drug-likeness (QED) is 0.185. The Morgan fingerprint density at radius 3 is 0.483 bits per heavy atom. The second-order valence-electron chi connectivity index (χ2n) is 5.94. The zero-order valence-corrected chi connectivity index (χ0v) is 21.0. The van der Waals surface area contributed by atoms with Crippen LogP contribution >= 0.6 is 0 Å². The molecule has 4 aromatic carbocycles. The molecule has 4 aromatic rings. The van der Waals surface area contributed by atoms with Crippen LogP contribution in [0, 0.1) is 67.6 Å². The summed E-state index contributed by atoms with van der Waals surface area (Å²) in [6, 6.07) is 39.5. The Balaban J connectivity index is 0.000000356. The van der Waals surface area contributed by atoms with Gasteiger partial charge in [-0.3, -0.25) is 0 Å². The van der Waals surface area contributed by atoms with Crippen molar-refractivity contribution in [2.24, 2.45) is 0 Å². The summed E-state index contributed by atoms with van der Waals surface area (Å²) in [6.07, 6.45) is 0. The van der Waals surface area contributed by atoms with Crippen molar-refractivity contribution in [2.45, 2.75) is 0 Å². The van der Waals surface area contributed by atoms with Crippen LogP contribution in [0.2, 0.25) is 0 Å². The first-order valence-corrected chi connectivity index (χ1v) is 9.06.